The topological polar surface area (TPSA) is 75.0 Å². The second-order valence-corrected chi connectivity index (χ2v) is 5.62. The molecule has 1 heterocycles. The van der Waals surface area contributed by atoms with Crippen LogP contribution < -0.4 is 10.1 Å². The molecule has 0 radical (unpaired) electrons. The molecule has 0 saturated carbocycles. The lowest BCUT2D eigenvalue weighted by Crippen LogP contribution is -2.16. The Morgan fingerprint density at radius 1 is 1.35 bits per heavy atom. The number of thioether (sulfide) groups is 1. The Morgan fingerprint density at radius 3 is 2.83 bits per heavy atom. The molecule has 0 aliphatic heterocycles. The lowest BCUT2D eigenvalue weighted by Gasteiger charge is -2.09. The lowest BCUT2D eigenvalue weighted by molar-refractivity contribution is -0.113. The molecule has 0 aliphatic rings. The summed E-state index contributed by atoms with van der Waals surface area (Å²) >= 11 is 1.50. The number of benzene rings is 1. The highest BCUT2D eigenvalue weighted by Crippen LogP contribution is 2.21. The molecule has 2 aromatic rings. The average molecular weight is 327 g/mol. The van der Waals surface area contributed by atoms with Crippen molar-refractivity contribution in [3.63, 3.8) is 0 Å². The predicted molar refractivity (Wildman–Crippen MR) is 91.4 cm³/mol. The molecular formula is C17H17N3O2S. The van der Waals surface area contributed by atoms with Crippen molar-refractivity contribution in [1.29, 1.82) is 5.26 Å². The first-order valence-electron chi connectivity index (χ1n) is 7.17. The van der Waals surface area contributed by atoms with Gasteiger partial charge in [0.05, 0.1) is 24.0 Å². The van der Waals surface area contributed by atoms with Crippen LogP contribution in [0, 0.1) is 11.3 Å². The first kappa shape index (κ1) is 16.8. The van der Waals surface area contributed by atoms with Gasteiger partial charge in [-0.15, -0.1) is 11.8 Å². The number of hydrogen-bond acceptors (Lipinski definition) is 5. The van der Waals surface area contributed by atoms with E-state index in [1.807, 2.05) is 19.1 Å². The number of pyridine rings is 1. The molecule has 23 heavy (non-hydrogen) atoms. The van der Waals surface area contributed by atoms with E-state index in [0.717, 1.165) is 5.56 Å². The third-order valence-electron chi connectivity index (χ3n) is 2.91. The largest absolute Gasteiger partial charge is 0.490 e. The van der Waals surface area contributed by atoms with Crippen molar-refractivity contribution >= 4 is 23.5 Å². The molecule has 0 aliphatic carbocycles. The standard InChI is InChI=1S/C17H17N3O2S/c1-2-22-15-4-3-9-19-17(15)20-16(21)12-23-11-14-7-5-13(10-18)6-8-14/h3-9H,2,11-12H2,1H3,(H,19,20,21). The monoisotopic (exact) mass is 327 g/mol. The van der Waals surface area contributed by atoms with Gasteiger partial charge >= 0.3 is 0 Å². The Balaban J connectivity index is 1.82. The summed E-state index contributed by atoms with van der Waals surface area (Å²) in [5.74, 6) is 1.92. The second kappa shape index (κ2) is 8.81. The molecular weight excluding hydrogens is 310 g/mol. The van der Waals surface area contributed by atoms with E-state index >= 15 is 0 Å². The first-order valence-corrected chi connectivity index (χ1v) is 8.33. The summed E-state index contributed by atoms with van der Waals surface area (Å²) in [6.45, 7) is 2.40. The fourth-order valence-corrected chi connectivity index (χ4v) is 2.65. The number of anilines is 1. The van der Waals surface area contributed by atoms with Crippen molar-refractivity contribution < 1.29 is 9.53 Å². The summed E-state index contributed by atoms with van der Waals surface area (Å²) in [5, 5.41) is 11.5. The van der Waals surface area contributed by atoms with Crippen molar-refractivity contribution in [2.75, 3.05) is 17.7 Å². The minimum Gasteiger partial charge on any atom is -0.490 e. The molecule has 0 atom stereocenters. The van der Waals surface area contributed by atoms with Crippen LogP contribution in [-0.2, 0) is 10.5 Å². The van der Waals surface area contributed by atoms with E-state index in [-0.39, 0.29) is 5.91 Å². The van der Waals surface area contributed by atoms with Gasteiger partial charge in [-0.05, 0) is 36.8 Å². The van der Waals surface area contributed by atoms with Gasteiger partial charge in [0.25, 0.3) is 0 Å². The van der Waals surface area contributed by atoms with Crippen LogP contribution in [-0.4, -0.2) is 23.3 Å². The third kappa shape index (κ3) is 5.31. The van der Waals surface area contributed by atoms with E-state index in [0.29, 0.717) is 35.2 Å². The minimum atomic E-state index is -0.122. The van der Waals surface area contributed by atoms with Crippen LogP contribution in [0.4, 0.5) is 5.82 Å². The SMILES string of the molecule is CCOc1cccnc1NC(=O)CSCc1ccc(C#N)cc1. The number of nitriles is 1. The molecule has 118 valence electrons. The molecule has 6 heteroatoms. The number of amides is 1. The van der Waals surface area contributed by atoms with Crippen LogP contribution in [0.25, 0.3) is 0 Å². The Bertz CT molecular complexity index is 696. The van der Waals surface area contributed by atoms with Gasteiger partial charge in [0.2, 0.25) is 5.91 Å². The molecule has 1 aromatic carbocycles. The summed E-state index contributed by atoms with van der Waals surface area (Å²) < 4.78 is 5.42. The van der Waals surface area contributed by atoms with Gasteiger partial charge in [-0.25, -0.2) is 4.98 Å². The number of rotatable bonds is 7. The Hall–Kier alpha value is -2.52. The van der Waals surface area contributed by atoms with Crippen LogP contribution in [0.15, 0.2) is 42.6 Å². The van der Waals surface area contributed by atoms with Gasteiger partial charge in [-0.3, -0.25) is 4.79 Å². The number of hydrogen-bond donors (Lipinski definition) is 1. The molecule has 1 N–H and O–H groups in total. The van der Waals surface area contributed by atoms with Crippen molar-refractivity contribution in [3.05, 3.63) is 53.7 Å². The maximum absolute atomic E-state index is 12.0. The van der Waals surface area contributed by atoms with Gasteiger partial charge in [-0.2, -0.15) is 5.26 Å². The van der Waals surface area contributed by atoms with Crippen molar-refractivity contribution in [1.82, 2.24) is 4.98 Å². The normalized spacial score (nSPS) is 9.91. The van der Waals surface area contributed by atoms with Gasteiger partial charge < -0.3 is 10.1 Å². The van der Waals surface area contributed by atoms with E-state index < -0.39 is 0 Å². The highest BCUT2D eigenvalue weighted by Gasteiger charge is 2.08. The van der Waals surface area contributed by atoms with Gasteiger partial charge in [0.1, 0.15) is 0 Å². The number of carbonyl (C=O) groups is 1. The second-order valence-electron chi connectivity index (χ2n) is 4.63. The Labute approximate surface area is 139 Å². The first-order chi connectivity index (χ1) is 11.2. The number of nitrogens with zero attached hydrogens (tertiary/aromatic N) is 2. The van der Waals surface area contributed by atoms with Crippen LogP contribution in [0.2, 0.25) is 0 Å². The summed E-state index contributed by atoms with van der Waals surface area (Å²) in [6.07, 6.45) is 1.61. The predicted octanol–water partition coefficient (Wildman–Crippen LogP) is 3.22. The maximum atomic E-state index is 12.0. The fourth-order valence-electron chi connectivity index (χ4n) is 1.86. The summed E-state index contributed by atoms with van der Waals surface area (Å²) in [5.41, 5.74) is 1.71. The van der Waals surface area contributed by atoms with Gasteiger partial charge in [-0.1, -0.05) is 12.1 Å². The zero-order valence-electron chi connectivity index (χ0n) is 12.8. The molecule has 2 rings (SSSR count). The molecule has 1 aromatic heterocycles. The maximum Gasteiger partial charge on any atom is 0.235 e. The third-order valence-corrected chi connectivity index (χ3v) is 3.92. The zero-order valence-corrected chi connectivity index (χ0v) is 13.6. The van der Waals surface area contributed by atoms with E-state index in [2.05, 4.69) is 16.4 Å². The van der Waals surface area contributed by atoms with E-state index in [9.17, 15) is 4.79 Å². The highest BCUT2D eigenvalue weighted by molar-refractivity contribution is 7.99. The van der Waals surface area contributed by atoms with Crippen LogP contribution >= 0.6 is 11.8 Å². The molecule has 0 spiro atoms. The van der Waals surface area contributed by atoms with Crippen molar-refractivity contribution in [3.8, 4) is 11.8 Å². The number of nitrogens with one attached hydrogen (secondary N) is 1. The number of ether oxygens (including phenoxy) is 1. The summed E-state index contributed by atoms with van der Waals surface area (Å²) in [6, 6.07) is 13.0. The summed E-state index contributed by atoms with van der Waals surface area (Å²) in [7, 11) is 0. The molecule has 0 unspecified atom stereocenters. The number of aromatic nitrogens is 1. The molecule has 1 amide bonds. The van der Waals surface area contributed by atoms with Crippen LogP contribution in [0.5, 0.6) is 5.75 Å². The summed E-state index contributed by atoms with van der Waals surface area (Å²) in [4.78, 5) is 16.1. The van der Waals surface area contributed by atoms with Gasteiger partial charge in [0, 0.05) is 11.9 Å². The van der Waals surface area contributed by atoms with Gasteiger partial charge in [0.15, 0.2) is 11.6 Å². The van der Waals surface area contributed by atoms with E-state index in [1.54, 1.807) is 30.5 Å². The smallest absolute Gasteiger partial charge is 0.235 e. The Kier molecular flexibility index (Phi) is 6.45. The highest BCUT2D eigenvalue weighted by atomic mass is 32.2. The van der Waals surface area contributed by atoms with Crippen LogP contribution in [0.3, 0.4) is 0 Å². The molecule has 0 bridgehead atoms. The minimum absolute atomic E-state index is 0.122. The molecule has 0 fully saturated rings. The fraction of sp³-hybridized carbons (Fsp3) is 0.235. The van der Waals surface area contributed by atoms with Crippen molar-refractivity contribution in [2.24, 2.45) is 0 Å². The van der Waals surface area contributed by atoms with E-state index in [1.165, 1.54) is 11.8 Å². The Morgan fingerprint density at radius 2 is 2.13 bits per heavy atom. The van der Waals surface area contributed by atoms with Crippen molar-refractivity contribution in [2.45, 2.75) is 12.7 Å². The molecule has 5 nitrogen and oxygen atoms in total. The quantitative estimate of drug-likeness (QED) is 0.845. The molecule has 0 saturated heterocycles. The average Bonchev–Trinajstić information content (AvgIpc) is 2.57. The van der Waals surface area contributed by atoms with E-state index in [4.69, 9.17) is 10.00 Å². The number of carbonyl (C=O) groups excluding carboxylic acids is 1. The van der Waals surface area contributed by atoms with Crippen LogP contribution in [0.1, 0.15) is 18.1 Å². The lowest BCUT2D eigenvalue weighted by atomic mass is 10.2. The zero-order chi connectivity index (χ0) is 16.5.